The Morgan fingerprint density at radius 3 is 2.70 bits per heavy atom. The first-order valence-electron chi connectivity index (χ1n) is 8.77. The van der Waals surface area contributed by atoms with Crippen molar-refractivity contribution in [2.45, 2.75) is 37.2 Å². The minimum absolute atomic E-state index is 0.430. The molecule has 5 nitrogen and oxygen atoms in total. The van der Waals surface area contributed by atoms with Gasteiger partial charge in [0, 0.05) is 5.56 Å². The number of benzene rings is 2. The fourth-order valence-electron chi connectivity index (χ4n) is 2.90. The lowest BCUT2D eigenvalue weighted by Crippen LogP contribution is -2.34. The predicted molar refractivity (Wildman–Crippen MR) is 107 cm³/mol. The van der Waals surface area contributed by atoms with Crippen molar-refractivity contribution in [3.63, 3.8) is 0 Å². The molecule has 2 aromatic rings. The van der Waals surface area contributed by atoms with Crippen LogP contribution in [-0.2, 0) is 21.5 Å². The maximum atomic E-state index is 12.2. The van der Waals surface area contributed by atoms with Gasteiger partial charge in [0.15, 0.2) is 4.90 Å². The quantitative estimate of drug-likeness (QED) is 0.511. The molecular weight excluding hydrogens is 386 g/mol. The lowest BCUT2D eigenvalue weighted by Gasteiger charge is -2.33. The highest BCUT2D eigenvalue weighted by atomic mass is 35.5. The van der Waals surface area contributed by atoms with E-state index in [4.69, 9.17) is 21.1 Å². The molecule has 0 radical (unpaired) electrons. The third kappa shape index (κ3) is 4.89. The van der Waals surface area contributed by atoms with Crippen molar-refractivity contribution in [2.24, 2.45) is 0 Å². The number of fused-ring (bicyclic) bond motifs is 1. The lowest BCUT2D eigenvalue weighted by atomic mass is 9.94. The van der Waals surface area contributed by atoms with Crippen LogP contribution in [0.4, 0.5) is 10.5 Å². The second kappa shape index (κ2) is 8.42. The molecule has 1 aliphatic heterocycles. The first-order valence-corrected chi connectivity index (χ1v) is 10.5. The molecule has 0 saturated carbocycles. The van der Waals surface area contributed by atoms with Crippen LogP contribution >= 0.6 is 11.6 Å². The summed E-state index contributed by atoms with van der Waals surface area (Å²) in [5.41, 5.74) is 0.686. The summed E-state index contributed by atoms with van der Waals surface area (Å²) in [5, 5.41) is 3.08. The number of amides is 1. The number of anilines is 1. The van der Waals surface area contributed by atoms with Crippen LogP contribution in [0.5, 0.6) is 5.75 Å². The highest BCUT2D eigenvalue weighted by Crippen LogP contribution is 2.41. The van der Waals surface area contributed by atoms with E-state index in [-0.39, 0.29) is 0 Å². The molecule has 0 saturated heterocycles. The molecule has 27 heavy (non-hydrogen) atoms. The Bertz CT molecular complexity index is 813. The standard InChI is InChI=1S/C20H22ClNO4S/c1-20(2)15-12-18(16(21)13-17(15)22-19(23)26-20)25-10-6-7-11-27(24)14-8-4-3-5-9-14/h3-5,8-9,12-13H,6-7,10-11H2,1-2H3,(H,22,23). The van der Waals surface area contributed by atoms with Gasteiger partial charge < -0.3 is 14.0 Å². The first-order chi connectivity index (χ1) is 12.9. The number of halogens is 1. The summed E-state index contributed by atoms with van der Waals surface area (Å²) in [6.45, 7) is 4.11. The van der Waals surface area contributed by atoms with Crippen molar-refractivity contribution < 1.29 is 18.8 Å². The summed E-state index contributed by atoms with van der Waals surface area (Å²) < 4.78 is 23.3. The monoisotopic (exact) mass is 407 g/mol. The van der Waals surface area contributed by atoms with E-state index >= 15 is 0 Å². The van der Waals surface area contributed by atoms with Gasteiger partial charge >= 0.3 is 6.09 Å². The van der Waals surface area contributed by atoms with Crippen molar-refractivity contribution in [2.75, 3.05) is 17.7 Å². The molecule has 7 heteroatoms. The Morgan fingerprint density at radius 1 is 1.22 bits per heavy atom. The van der Waals surface area contributed by atoms with E-state index in [1.165, 1.54) is 0 Å². The molecule has 0 fully saturated rings. The molecule has 144 valence electrons. The van der Waals surface area contributed by atoms with Crippen LogP contribution in [0.3, 0.4) is 0 Å². The van der Waals surface area contributed by atoms with E-state index in [0.717, 1.165) is 23.3 Å². The van der Waals surface area contributed by atoms with Gasteiger partial charge in [0.2, 0.25) is 0 Å². The van der Waals surface area contributed by atoms with Crippen molar-refractivity contribution in [1.82, 2.24) is 0 Å². The van der Waals surface area contributed by atoms with E-state index < -0.39 is 22.9 Å². The minimum atomic E-state index is -0.990. The number of hydrogen-bond acceptors (Lipinski definition) is 4. The predicted octanol–water partition coefficient (Wildman–Crippen LogP) is 5.10. The van der Waals surface area contributed by atoms with E-state index in [9.17, 15) is 9.35 Å². The van der Waals surface area contributed by atoms with Crippen LogP contribution in [-0.4, -0.2) is 23.0 Å². The van der Waals surface area contributed by atoms with Crippen LogP contribution in [0.1, 0.15) is 32.3 Å². The highest BCUT2D eigenvalue weighted by Gasteiger charge is 2.34. The second-order valence-electron chi connectivity index (χ2n) is 6.77. The van der Waals surface area contributed by atoms with Crippen LogP contribution in [0.15, 0.2) is 47.4 Å². The summed E-state index contributed by atoms with van der Waals surface area (Å²) in [6.07, 6.45) is 1.06. The van der Waals surface area contributed by atoms with Gasteiger partial charge in [0.05, 0.1) is 17.3 Å². The summed E-state index contributed by atoms with van der Waals surface area (Å²) in [4.78, 5) is 12.5. The normalized spacial score (nSPS) is 16.1. The Hall–Kier alpha value is -1.89. The zero-order chi connectivity index (χ0) is 19.4. The van der Waals surface area contributed by atoms with Gasteiger partial charge in [-0.25, -0.2) is 4.79 Å². The average molecular weight is 408 g/mol. The minimum Gasteiger partial charge on any atom is -0.611 e. The van der Waals surface area contributed by atoms with Crippen LogP contribution in [0.25, 0.3) is 0 Å². The molecule has 3 rings (SSSR count). The van der Waals surface area contributed by atoms with Crippen LogP contribution in [0, 0.1) is 0 Å². The van der Waals surface area contributed by atoms with Gasteiger partial charge in [0.1, 0.15) is 17.1 Å². The zero-order valence-corrected chi connectivity index (χ0v) is 16.9. The Labute approximate surface area is 167 Å². The first kappa shape index (κ1) is 19.9. The molecule has 1 N–H and O–H groups in total. The molecule has 0 spiro atoms. The van der Waals surface area contributed by atoms with Crippen molar-refractivity contribution in [3.05, 3.63) is 53.1 Å². The van der Waals surface area contributed by atoms with Crippen molar-refractivity contribution >= 4 is 34.6 Å². The molecule has 1 unspecified atom stereocenters. The molecular formula is C20H22ClNO4S. The summed E-state index contributed by atoms with van der Waals surface area (Å²) in [6, 6.07) is 12.9. The van der Waals surface area contributed by atoms with Crippen molar-refractivity contribution in [3.8, 4) is 5.75 Å². The Morgan fingerprint density at radius 2 is 1.96 bits per heavy atom. The Kier molecular flexibility index (Phi) is 6.19. The van der Waals surface area contributed by atoms with Gasteiger partial charge in [-0.05, 0) is 62.1 Å². The number of cyclic esters (lactones) is 1. The topological polar surface area (TPSA) is 70.6 Å². The number of nitrogens with one attached hydrogen (secondary N) is 1. The van der Waals surface area contributed by atoms with Crippen molar-refractivity contribution in [1.29, 1.82) is 0 Å². The van der Waals surface area contributed by atoms with Gasteiger partial charge in [-0.1, -0.05) is 29.8 Å². The summed E-state index contributed by atoms with van der Waals surface area (Å²) in [5.74, 6) is 1.14. The van der Waals surface area contributed by atoms with E-state index in [0.29, 0.717) is 28.8 Å². The van der Waals surface area contributed by atoms with E-state index in [2.05, 4.69) is 5.32 Å². The maximum Gasteiger partial charge on any atom is 0.412 e. The van der Waals surface area contributed by atoms with Gasteiger partial charge in [-0.3, -0.25) is 5.32 Å². The van der Waals surface area contributed by atoms with Gasteiger partial charge in [-0.15, -0.1) is 0 Å². The maximum absolute atomic E-state index is 12.2. The average Bonchev–Trinajstić information content (AvgIpc) is 2.62. The third-order valence-corrected chi connectivity index (χ3v) is 6.05. The molecule has 1 amide bonds. The molecule has 0 aliphatic carbocycles. The van der Waals surface area contributed by atoms with E-state index in [1.54, 1.807) is 12.1 Å². The molecule has 0 bridgehead atoms. The number of hydrogen-bond donors (Lipinski definition) is 1. The van der Waals surface area contributed by atoms with Gasteiger partial charge in [-0.2, -0.15) is 0 Å². The van der Waals surface area contributed by atoms with Crippen LogP contribution < -0.4 is 10.1 Å². The SMILES string of the molecule is CC1(C)OC(=O)Nc2cc(Cl)c(OCCCC[S+]([O-])c3ccccc3)cc21. The number of unbranched alkanes of at least 4 members (excludes halogenated alkanes) is 1. The summed E-state index contributed by atoms with van der Waals surface area (Å²) in [7, 11) is 0. The van der Waals surface area contributed by atoms with E-state index in [1.807, 2.05) is 44.2 Å². The Balaban J connectivity index is 1.54. The fourth-order valence-corrected chi connectivity index (χ4v) is 4.28. The molecule has 1 aliphatic rings. The largest absolute Gasteiger partial charge is 0.611 e. The zero-order valence-electron chi connectivity index (χ0n) is 15.3. The van der Waals surface area contributed by atoms with Crippen LogP contribution in [0.2, 0.25) is 5.02 Å². The lowest BCUT2D eigenvalue weighted by molar-refractivity contribution is 0.0418. The molecule has 1 heterocycles. The third-order valence-electron chi connectivity index (χ3n) is 4.29. The molecule has 2 aromatic carbocycles. The summed E-state index contributed by atoms with van der Waals surface area (Å²) >= 11 is 5.29. The molecule has 0 aromatic heterocycles. The fraction of sp³-hybridized carbons (Fsp3) is 0.350. The smallest absolute Gasteiger partial charge is 0.412 e. The molecule has 1 atom stereocenters. The number of rotatable bonds is 7. The number of carbonyl (C=O) groups is 1. The number of ether oxygens (including phenoxy) is 2. The highest BCUT2D eigenvalue weighted by molar-refractivity contribution is 7.91. The second-order valence-corrected chi connectivity index (χ2v) is 8.75. The van der Waals surface area contributed by atoms with Gasteiger partial charge in [0.25, 0.3) is 0 Å². The number of carbonyl (C=O) groups excluding carboxylic acids is 1.